The van der Waals surface area contributed by atoms with E-state index in [4.69, 9.17) is 23.7 Å². The zero-order valence-corrected chi connectivity index (χ0v) is 6.53. The molecular formula is C4H11N5S. The van der Waals surface area contributed by atoms with Crippen molar-refractivity contribution >= 4 is 23.3 Å². The van der Waals surface area contributed by atoms with Gasteiger partial charge in [-0.05, 0) is 19.1 Å². The molecule has 0 bridgehead atoms. The first-order valence-electron chi connectivity index (χ1n) is 2.79. The summed E-state index contributed by atoms with van der Waals surface area (Å²) in [6, 6.07) is 0. The lowest BCUT2D eigenvalue weighted by molar-refractivity contribution is 0.898. The molecule has 6 N–H and O–H groups in total. The molecule has 0 aromatic rings. The Balaban J connectivity index is 3.49. The van der Waals surface area contributed by atoms with Gasteiger partial charge < -0.3 is 16.8 Å². The quantitative estimate of drug-likeness (QED) is 0.174. The van der Waals surface area contributed by atoms with Crippen molar-refractivity contribution in [3.05, 3.63) is 0 Å². The molecule has 0 heterocycles. The van der Waals surface area contributed by atoms with E-state index in [1.165, 1.54) is 0 Å². The highest BCUT2D eigenvalue weighted by atomic mass is 32.1. The maximum Gasteiger partial charge on any atom is 0.208 e. The van der Waals surface area contributed by atoms with Crippen LogP contribution in [-0.4, -0.2) is 17.6 Å². The Labute approximate surface area is 64.8 Å². The lowest BCUT2D eigenvalue weighted by Crippen LogP contribution is -2.35. The van der Waals surface area contributed by atoms with E-state index in [2.05, 4.69) is 15.8 Å². The second-order valence-electron chi connectivity index (χ2n) is 1.51. The van der Waals surface area contributed by atoms with Gasteiger partial charge in [-0.15, -0.1) is 5.10 Å². The summed E-state index contributed by atoms with van der Waals surface area (Å²) in [5.41, 5.74) is 12.5. The molecule has 0 rings (SSSR count). The Hall–Kier alpha value is -1.04. The predicted molar refractivity (Wildman–Crippen MR) is 45.2 cm³/mol. The van der Waals surface area contributed by atoms with Crippen molar-refractivity contribution in [1.82, 2.24) is 10.7 Å². The normalized spacial score (nSPS) is 8.10. The highest BCUT2D eigenvalue weighted by molar-refractivity contribution is 7.80. The first-order valence-corrected chi connectivity index (χ1v) is 3.20. The lowest BCUT2D eigenvalue weighted by Gasteiger charge is -2.02. The van der Waals surface area contributed by atoms with Crippen LogP contribution in [0.4, 0.5) is 0 Å². The van der Waals surface area contributed by atoms with Crippen LogP contribution in [0.25, 0.3) is 0 Å². The van der Waals surface area contributed by atoms with Crippen molar-refractivity contribution in [3.63, 3.8) is 0 Å². The van der Waals surface area contributed by atoms with Crippen LogP contribution in [0.2, 0.25) is 0 Å². The molecule has 0 saturated carbocycles. The minimum absolute atomic E-state index is 0.0414. The predicted octanol–water partition coefficient (Wildman–Crippen LogP) is -1.34. The van der Waals surface area contributed by atoms with E-state index in [-0.39, 0.29) is 5.96 Å². The summed E-state index contributed by atoms with van der Waals surface area (Å²) in [5, 5.41) is 6.68. The number of hydrazone groups is 1. The van der Waals surface area contributed by atoms with Crippen molar-refractivity contribution < 1.29 is 0 Å². The topological polar surface area (TPSA) is 88.5 Å². The van der Waals surface area contributed by atoms with Crippen LogP contribution in [-0.2, 0) is 0 Å². The highest BCUT2D eigenvalue weighted by Crippen LogP contribution is 1.64. The third kappa shape index (κ3) is 5.10. The van der Waals surface area contributed by atoms with Gasteiger partial charge in [-0.3, -0.25) is 5.43 Å². The first-order chi connectivity index (χ1) is 4.66. The number of hydrogen-bond donors (Lipinski definition) is 4. The summed E-state index contributed by atoms with van der Waals surface area (Å²) >= 11 is 4.73. The summed E-state index contributed by atoms with van der Waals surface area (Å²) in [4.78, 5) is 0. The number of guanidine groups is 1. The van der Waals surface area contributed by atoms with Gasteiger partial charge in [0.15, 0.2) is 5.11 Å². The van der Waals surface area contributed by atoms with Crippen molar-refractivity contribution in [2.45, 2.75) is 6.92 Å². The van der Waals surface area contributed by atoms with E-state index in [0.717, 1.165) is 6.54 Å². The van der Waals surface area contributed by atoms with Crippen molar-refractivity contribution in [3.8, 4) is 0 Å². The van der Waals surface area contributed by atoms with E-state index < -0.39 is 0 Å². The van der Waals surface area contributed by atoms with Crippen molar-refractivity contribution in [1.29, 1.82) is 0 Å². The van der Waals surface area contributed by atoms with Gasteiger partial charge in [0.25, 0.3) is 0 Å². The maximum absolute atomic E-state index is 5.01. The van der Waals surface area contributed by atoms with Crippen molar-refractivity contribution in [2.24, 2.45) is 16.6 Å². The average Bonchev–Trinajstić information content (AvgIpc) is 1.85. The zero-order valence-electron chi connectivity index (χ0n) is 5.72. The number of nitrogens with two attached hydrogens (primary N) is 2. The molecule has 10 heavy (non-hydrogen) atoms. The third-order valence-corrected chi connectivity index (χ3v) is 0.860. The van der Waals surface area contributed by atoms with Gasteiger partial charge in [-0.25, -0.2) is 0 Å². The van der Waals surface area contributed by atoms with Gasteiger partial charge in [-0.2, -0.15) is 0 Å². The van der Waals surface area contributed by atoms with Crippen LogP contribution < -0.4 is 22.2 Å². The van der Waals surface area contributed by atoms with Crippen LogP contribution in [0.15, 0.2) is 5.10 Å². The molecule has 0 aromatic carbocycles. The number of thiocarbonyl (C=S) groups is 1. The molecule has 0 aliphatic heterocycles. The van der Waals surface area contributed by atoms with E-state index in [9.17, 15) is 0 Å². The summed E-state index contributed by atoms with van der Waals surface area (Å²) in [6.45, 7) is 2.66. The number of hydrogen-bond acceptors (Lipinski definition) is 2. The van der Waals surface area contributed by atoms with Gasteiger partial charge in [0.2, 0.25) is 5.96 Å². The van der Waals surface area contributed by atoms with Crippen LogP contribution in [0.5, 0.6) is 0 Å². The molecule has 0 amide bonds. The van der Waals surface area contributed by atoms with Crippen molar-refractivity contribution in [2.75, 3.05) is 6.54 Å². The van der Waals surface area contributed by atoms with Gasteiger partial charge in [0.1, 0.15) is 0 Å². The number of nitrogens with one attached hydrogen (secondary N) is 2. The van der Waals surface area contributed by atoms with Gasteiger partial charge in [0, 0.05) is 6.54 Å². The molecule has 0 saturated heterocycles. The fourth-order valence-electron chi connectivity index (χ4n) is 0.315. The molecule has 0 aromatic heterocycles. The molecule has 0 aliphatic carbocycles. The molecule has 0 aliphatic rings. The molecule has 0 spiro atoms. The maximum atomic E-state index is 5.01. The van der Waals surface area contributed by atoms with E-state index in [1.54, 1.807) is 0 Å². The molecule has 5 nitrogen and oxygen atoms in total. The Morgan fingerprint density at radius 3 is 2.60 bits per heavy atom. The van der Waals surface area contributed by atoms with Crippen LogP contribution in [0, 0.1) is 0 Å². The first kappa shape index (κ1) is 8.96. The van der Waals surface area contributed by atoms with E-state index >= 15 is 0 Å². The smallest absolute Gasteiger partial charge is 0.208 e. The molecule has 0 unspecified atom stereocenters. The van der Waals surface area contributed by atoms with Crippen LogP contribution >= 0.6 is 12.2 Å². The van der Waals surface area contributed by atoms with Crippen LogP contribution in [0.3, 0.4) is 0 Å². The summed E-state index contributed by atoms with van der Waals surface area (Å²) in [5.74, 6) is -0.0414. The number of nitrogens with zero attached hydrogens (tertiary/aromatic N) is 1. The van der Waals surface area contributed by atoms with Gasteiger partial charge in [0.05, 0.1) is 0 Å². The second kappa shape index (κ2) is 4.80. The Morgan fingerprint density at radius 1 is 1.60 bits per heavy atom. The number of rotatable bonds is 2. The van der Waals surface area contributed by atoms with Gasteiger partial charge >= 0.3 is 0 Å². The monoisotopic (exact) mass is 161 g/mol. The minimum atomic E-state index is -0.0414. The second-order valence-corrected chi connectivity index (χ2v) is 1.92. The molecule has 0 atom stereocenters. The Kier molecular flexibility index (Phi) is 4.30. The fraction of sp³-hybridized carbons (Fsp3) is 0.500. The summed E-state index contributed by atoms with van der Waals surface area (Å²) in [6.07, 6.45) is 0. The standard InChI is InChI=1S/C4H11N5S/c1-2-7-4(10)9-8-3(5)6/h2H2,1H3,(H4,5,6,8)(H2,7,9,10). The molecule has 0 fully saturated rings. The molecule has 6 heteroatoms. The average molecular weight is 161 g/mol. The molecular weight excluding hydrogens is 150 g/mol. The fourth-order valence-corrected chi connectivity index (χ4v) is 0.505. The lowest BCUT2D eigenvalue weighted by atomic mass is 10.7. The van der Waals surface area contributed by atoms with E-state index in [1.807, 2.05) is 6.92 Å². The largest absolute Gasteiger partial charge is 0.369 e. The third-order valence-electron chi connectivity index (χ3n) is 0.624. The Bertz CT molecular complexity index is 139. The highest BCUT2D eigenvalue weighted by Gasteiger charge is 1.87. The molecule has 58 valence electrons. The molecule has 0 radical (unpaired) electrons. The summed E-state index contributed by atoms with van der Waals surface area (Å²) < 4.78 is 0. The Morgan fingerprint density at radius 2 is 2.20 bits per heavy atom. The van der Waals surface area contributed by atoms with E-state index in [0.29, 0.717) is 5.11 Å². The SMILES string of the molecule is CCNC(=S)NN=C(N)N. The van der Waals surface area contributed by atoms with Crippen LogP contribution in [0.1, 0.15) is 6.92 Å². The summed E-state index contributed by atoms with van der Waals surface area (Å²) in [7, 11) is 0. The minimum Gasteiger partial charge on any atom is -0.369 e. The van der Waals surface area contributed by atoms with Gasteiger partial charge in [-0.1, -0.05) is 0 Å². The zero-order chi connectivity index (χ0) is 7.98.